The van der Waals surface area contributed by atoms with Crippen molar-refractivity contribution in [1.29, 1.82) is 0 Å². The van der Waals surface area contributed by atoms with Crippen LogP contribution < -0.4 is 0 Å². The first-order valence-electron chi connectivity index (χ1n) is 4.21. The highest BCUT2D eigenvalue weighted by Gasteiger charge is 2.15. The first-order chi connectivity index (χ1) is 7.54. The zero-order valence-electron chi connectivity index (χ0n) is 7.98. The number of hydrogen-bond acceptors (Lipinski definition) is 6. The molecule has 0 bridgehead atoms. The van der Waals surface area contributed by atoms with Gasteiger partial charge in [0.1, 0.15) is 0 Å². The third kappa shape index (κ3) is 2.89. The minimum Gasteiger partial charge on any atom is -0.394 e. The highest BCUT2D eigenvalue weighted by atomic mass is 17.0. The maximum atomic E-state index is 10.3. The molecule has 0 saturated carbocycles. The van der Waals surface area contributed by atoms with Crippen molar-refractivity contribution in [3.63, 3.8) is 0 Å². The standard InChI is InChI=1S/C8H8N2O6/c11-5-8(16-10(14)15)6-1-3-7(4-2-6)9(12)13/h1-4,8,11H,5H2. The predicted molar refractivity (Wildman–Crippen MR) is 51.0 cm³/mol. The molecule has 1 aromatic rings. The van der Waals surface area contributed by atoms with Crippen molar-refractivity contribution in [3.8, 4) is 0 Å². The van der Waals surface area contributed by atoms with Crippen LogP contribution in [-0.2, 0) is 4.84 Å². The molecule has 1 aromatic carbocycles. The second-order valence-corrected chi connectivity index (χ2v) is 2.85. The van der Waals surface area contributed by atoms with Crippen molar-refractivity contribution < 1.29 is 20.0 Å². The lowest BCUT2D eigenvalue weighted by Gasteiger charge is -2.11. The van der Waals surface area contributed by atoms with Gasteiger partial charge in [-0.1, -0.05) is 0 Å². The quantitative estimate of drug-likeness (QED) is 0.589. The maximum absolute atomic E-state index is 10.3. The Balaban J connectivity index is 2.86. The van der Waals surface area contributed by atoms with Crippen LogP contribution in [0.5, 0.6) is 0 Å². The van der Waals surface area contributed by atoms with Crippen LogP contribution in [0.4, 0.5) is 5.69 Å². The molecule has 0 aliphatic heterocycles. The highest BCUT2D eigenvalue weighted by molar-refractivity contribution is 5.33. The zero-order valence-corrected chi connectivity index (χ0v) is 7.98. The van der Waals surface area contributed by atoms with Crippen LogP contribution in [0.25, 0.3) is 0 Å². The number of nitro benzene ring substituents is 1. The van der Waals surface area contributed by atoms with Gasteiger partial charge in [0, 0.05) is 12.1 Å². The van der Waals surface area contributed by atoms with Crippen LogP contribution in [0, 0.1) is 20.2 Å². The van der Waals surface area contributed by atoms with Crippen LogP contribution >= 0.6 is 0 Å². The molecule has 0 amide bonds. The molecule has 0 spiro atoms. The van der Waals surface area contributed by atoms with Crippen molar-refractivity contribution in [1.82, 2.24) is 0 Å². The molecule has 0 saturated heterocycles. The first-order valence-corrected chi connectivity index (χ1v) is 4.21. The number of non-ortho nitro benzene ring substituents is 1. The van der Waals surface area contributed by atoms with Crippen molar-refractivity contribution in [2.24, 2.45) is 0 Å². The van der Waals surface area contributed by atoms with Crippen molar-refractivity contribution >= 4 is 5.69 Å². The molecule has 0 fully saturated rings. The molecule has 16 heavy (non-hydrogen) atoms. The molecule has 1 unspecified atom stereocenters. The van der Waals surface area contributed by atoms with Gasteiger partial charge in [0.05, 0.1) is 11.5 Å². The second-order valence-electron chi connectivity index (χ2n) is 2.85. The van der Waals surface area contributed by atoms with E-state index in [1.165, 1.54) is 24.3 Å². The molecule has 0 aliphatic carbocycles. The van der Waals surface area contributed by atoms with Gasteiger partial charge in [0.25, 0.3) is 10.8 Å². The van der Waals surface area contributed by atoms with Crippen LogP contribution in [0.15, 0.2) is 24.3 Å². The molecular formula is C8H8N2O6. The minimum absolute atomic E-state index is 0.137. The SMILES string of the molecule is O=[N+]([O-])OC(CO)c1ccc([N+](=O)[O-])cc1. The van der Waals surface area contributed by atoms with Crippen molar-refractivity contribution in [2.45, 2.75) is 6.10 Å². The van der Waals surface area contributed by atoms with E-state index in [4.69, 9.17) is 5.11 Å². The molecule has 0 heterocycles. The fourth-order valence-electron chi connectivity index (χ4n) is 1.11. The second kappa shape index (κ2) is 5.03. The summed E-state index contributed by atoms with van der Waals surface area (Å²) < 4.78 is 0. The fraction of sp³-hybridized carbons (Fsp3) is 0.250. The van der Waals surface area contributed by atoms with Gasteiger partial charge in [-0.05, 0) is 17.7 Å². The van der Waals surface area contributed by atoms with E-state index in [2.05, 4.69) is 4.84 Å². The van der Waals surface area contributed by atoms with Crippen LogP contribution in [0.3, 0.4) is 0 Å². The Bertz CT molecular complexity index is 390. The van der Waals surface area contributed by atoms with Gasteiger partial charge in [0.2, 0.25) is 0 Å². The summed E-state index contributed by atoms with van der Waals surface area (Å²) in [7, 11) is 0. The smallest absolute Gasteiger partial charge is 0.295 e. The number of aliphatic hydroxyl groups is 1. The van der Waals surface area contributed by atoms with Gasteiger partial charge >= 0.3 is 0 Å². The van der Waals surface area contributed by atoms with E-state index >= 15 is 0 Å². The normalized spacial score (nSPS) is 11.8. The molecule has 1 N–H and O–H groups in total. The molecule has 1 atom stereocenters. The van der Waals surface area contributed by atoms with Gasteiger partial charge in [-0.15, -0.1) is 10.1 Å². The van der Waals surface area contributed by atoms with E-state index in [0.717, 1.165) is 0 Å². The van der Waals surface area contributed by atoms with E-state index in [1.807, 2.05) is 0 Å². The highest BCUT2D eigenvalue weighted by Crippen LogP contribution is 2.20. The fourth-order valence-corrected chi connectivity index (χ4v) is 1.11. The summed E-state index contributed by atoms with van der Waals surface area (Å²) in [5.41, 5.74) is 0.159. The third-order valence-electron chi connectivity index (χ3n) is 1.85. The Morgan fingerprint density at radius 2 is 1.81 bits per heavy atom. The number of nitrogens with zero attached hydrogens (tertiary/aromatic N) is 2. The average molecular weight is 228 g/mol. The first kappa shape index (κ1) is 11.9. The van der Waals surface area contributed by atoms with E-state index in [-0.39, 0.29) is 5.69 Å². The van der Waals surface area contributed by atoms with Crippen LogP contribution in [-0.4, -0.2) is 21.7 Å². The Morgan fingerprint density at radius 1 is 1.25 bits per heavy atom. The zero-order chi connectivity index (χ0) is 12.1. The summed E-state index contributed by atoms with van der Waals surface area (Å²) in [5.74, 6) is 0. The van der Waals surface area contributed by atoms with Gasteiger partial charge in [-0.25, -0.2) is 0 Å². The van der Waals surface area contributed by atoms with Crippen molar-refractivity contribution in [3.05, 3.63) is 50.1 Å². The topological polar surface area (TPSA) is 116 Å². The van der Waals surface area contributed by atoms with E-state index in [9.17, 15) is 20.2 Å². The summed E-state index contributed by atoms with van der Waals surface area (Å²) in [6, 6.07) is 4.95. The minimum atomic E-state index is -1.13. The lowest BCUT2D eigenvalue weighted by atomic mass is 10.1. The lowest BCUT2D eigenvalue weighted by Crippen LogP contribution is -2.13. The third-order valence-corrected chi connectivity index (χ3v) is 1.85. The molecule has 0 aromatic heterocycles. The monoisotopic (exact) mass is 228 g/mol. The number of nitro groups is 1. The Morgan fingerprint density at radius 3 is 2.19 bits per heavy atom. The van der Waals surface area contributed by atoms with Crippen LogP contribution in [0.1, 0.15) is 11.7 Å². The van der Waals surface area contributed by atoms with Gasteiger partial charge < -0.3 is 9.94 Å². The lowest BCUT2D eigenvalue weighted by molar-refractivity contribution is -0.771. The summed E-state index contributed by atoms with van der Waals surface area (Å²) >= 11 is 0. The Hall–Kier alpha value is -2.22. The molecule has 8 heteroatoms. The molecular weight excluding hydrogens is 220 g/mol. The summed E-state index contributed by atoms with van der Waals surface area (Å²) in [4.78, 5) is 24.0. The van der Waals surface area contributed by atoms with E-state index in [0.29, 0.717) is 5.56 Å². The Kier molecular flexibility index (Phi) is 3.72. The van der Waals surface area contributed by atoms with E-state index < -0.39 is 22.7 Å². The molecule has 1 rings (SSSR count). The van der Waals surface area contributed by atoms with E-state index in [1.54, 1.807) is 0 Å². The number of aliphatic hydroxyl groups excluding tert-OH is 1. The molecule has 0 aliphatic rings. The average Bonchev–Trinajstić information content (AvgIpc) is 2.25. The summed E-state index contributed by atoms with van der Waals surface area (Å²) in [5, 5.41) is 28.2. The van der Waals surface area contributed by atoms with Gasteiger partial charge in [-0.2, -0.15) is 0 Å². The molecule has 0 radical (unpaired) electrons. The van der Waals surface area contributed by atoms with Gasteiger partial charge in [0.15, 0.2) is 6.10 Å². The predicted octanol–water partition coefficient (Wildman–Crippen LogP) is 0.837. The maximum Gasteiger partial charge on any atom is 0.295 e. The summed E-state index contributed by atoms with van der Waals surface area (Å²) in [6.45, 7) is -0.585. The Labute approximate surface area is 89.3 Å². The number of benzene rings is 1. The van der Waals surface area contributed by atoms with Gasteiger partial charge in [-0.3, -0.25) is 10.1 Å². The summed E-state index contributed by atoms with van der Waals surface area (Å²) in [6.07, 6.45) is -1.13. The molecule has 86 valence electrons. The number of rotatable bonds is 5. The largest absolute Gasteiger partial charge is 0.394 e. The number of hydrogen-bond donors (Lipinski definition) is 1. The van der Waals surface area contributed by atoms with Crippen molar-refractivity contribution in [2.75, 3.05) is 6.61 Å². The molecule has 8 nitrogen and oxygen atoms in total. The van der Waals surface area contributed by atoms with Crippen LogP contribution in [0.2, 0.25) is 0 Å².